The number of imide groups is 1. The van der Waals surface area contributed by atoms with E-state index in [9.17, 15) is 19.7 Å². The number of nitrogens with zero attached hydrogens (tertiary/aromatic N) is 2. The van der Waals surface area contributed by atoms with Crippen LogP contribution in [-0.4, -0.2) is 34.9 Å². The zero-order chi connectivity index (χ0) is 14.7. The average Bonchev–Trinajstić information content (AvgIpc) is 2.43. The Labute approximate surface area is 113 Å². The topological polar surface area (TPSA) is 128 Å². The summed E-state index contributed by atoms with van der Waals surface area (Å²) in [6, 6.07) is 4.24. The van der Waals surface area contributed by atoms with E-state index in [-0.39, 0.29) is 31.1 Å². The number of morpholine rings is 1. The molecule has 0 spiro atoms. The lowest BCUT2D eigenvalue weighted by Gasteiger charge is -2.24. The highest BCUT2D eigenvalue weighted by Crippen LogP contribution is 2.25. The lowest BCUT2D eigenvalue weighted by Crippen LogP contribution is -2.45. The van der Waals surface area contributed by atoms with E-state index in [1.165, 1.54) is 12.1 Å². The lowest BCUT2D eigenvalue weighted by atomic mass is 10.1. The third-order valence-electron chi connectivity index (χ3n) is 2.81. The van der Waals surface area contributed by atoms with Crippen molar-refractivity contribution in [3.8, 4) is 0 Å². The van der Waals surface area contributed by atoms with Gasteiger partial charge in [-0.2, -0.15) is 0 Å². The summed E-state index contributed by atoms with van der Waals surface area (Å²) in [7, 11) is 0. The van der Waals surface area contributed by atoms with Crippen LogP contribution in [-0.2, 0) is 20.9 Å². The molecule has 9 heteroatoms. The monoisotopic (exact) mass is 280 g/mol. The molecule has 1 aliphatic heterocycles. The highest BCUT2D eigenvalue weighted by atomic mass is 16.6. The summed E-state index contributed by atoms with van der Waals surface area (Å²) in [4.78, 5) is 34.4. The van der Waals surface area contributed by atoms with Gasteiger partial charge >= 0.3 is 0 Å². The third-order valence-corrected chi connectivity index (χ3v) is 2.81. The molecule has 0 unspecified atom stereocenters. The van der Waals surface area contributed by atoms with Crippen molar-refractivity contribution in [3.63, 3.8) is 0 Å². The Hall–Kier alpha value is -2.52. The molecular weight excluding hydrogens is 268 g/mol. The van der Waals surface area contributed by atoms with Crippen molar-refractivity contribution < 1.29 is 19.2 Å². The Morgan fingerprint density at radius 2 is 2.00 bits per heavy atom. The van der Waals surface area contributed by atoms with Crippen molar-refractivity contribution in [2.45, 2.75) is 6.54 Å². The fraction of sp³-hybridized carbons (Fsp3) is 0.273. The number of carbonyl (C=O) groups excluding carboxylic acids is 2. The van der Waals surface area contributed by atoms with Gasteiger partial charge in [-0.3, -0.25) is 30.4 Å². The Morgan fingerprint density at radius 1 is 1.35 bits per heavy atom. The minimum atomic E-state index is -0.596. The van der Waals surface area contributed by atoms with Crippen LogP contribution in [0.5, 0.6) is 0 Å². The first-order chi connectivity index (χ1) is 9.52. The highest BCUT2D eigenvalue weighted by Gasteiger charge is 2.27. The molecule has 0 bridgehead atoms. The summed E-state index contributed by atoms with van der Waals surface area (Å²) in [5.74, 6) is 4.24. The summed E-state index contributed by atoms with van der Waals surface area (Å²) in [6.45, 7) is -0.376. The third kappa shape index (κ3) is 2.73. The predicted octanol–water partition coefficient (Wildman–Crippen LogP) is -0.234. The predicted molar refractivity (Wildman–Crippen MR) is 67.3 cm³/mol. The molecule has 2 rings (SSSR count). The quantitative estimate of drug-likeness (QED) is 0.337. The highest BCUT2D eigenvalue weighted by molar-refractivity contribution is 5.98. The van der Waals surface area contributed by atoms with Crippen LogP contribution in [0.1, 0.15) is 5.56 Å². The minimum Gasteiger partial charge on any atom is -0.362 e. The molecule has 0 aromatic heterocycles. The first-order valence-corrected chi connectivity index (χ1v) is 5.68. The summed E-state index contributed by atoms with van der Waals surface area (Å²) in [5, 5.41) is 10.9. The Balaban J connectivity index is 2.25. The van der Waals surface area contributed by atoms with Crippen molar-refractivity contribution >= 4 is 23.2 Å². The number of anilines is 1. The number of amides is 2. The molecular formula is C11H12N4O5. The molecule has 9 nitrogen and oxygen atoms in total. The summed E-state index contributed by atoms with van der Waals surface area (Å²) in [6.07, 6.45) is 0. The maximum Gasteiger partial charge on any atom is 0.293 e. The molecule has 1 heterocycles. The number of benzene rings is 1. The maximum absolute atomic E-state index is 11.6. The largest absolute Gasteiger partial charge is 0.362 e. The van der Waals surface area contributed by atoms with Crippen LogP contribution >= 0.6 is 0 Å². The molecule has 1 fully saturated rings. The number of nitro benzene ring substituents is 1. The smallest absolute Gasteiger partial charge is 0.293 e. The van der Waals surface area contributed by atoms with E-state index in [0.717, 1.165) is 4.90 Å². The van der Waals surface area contributed by atoms with Gasteiger partial charge < -0.3 is 10.2 Å². The zero-order valence-corrected chi connectivity index (χ0v) is 10.4. The Bertz CT molecular complexity index is 558. The Morgan fingerprint density at radius 3 is 2.55 bits per heavy atom. The van der Waals surface area contributed by atoms with Crippen LogP contribution in [0.15, 0.2) is 18.2 Å². The van der Waals surface area contributed by atoms with E-state index >= 15 is 0 Å². The number of hydrogen-bond acceptors (Lipinski definition) is 7. The van der Waals surface area contributed by atoms with Crippen molar-refractivity contribution in [1.29, 1.82) is 0 Å². The number of rotatable bonds is 4. The van der Waals surface area contributed by atoms with E-state index in [1.54, 1.807) is 6.07 Å². The first-order valence-electron chi connectivity index (χ1n) is 5.68. The van der Waals surface area contributed by atoms with E-state index < -0.39 is 16.7 Å². The van der Waals surface area contributed by atoms with Crippen LogP contribution in [0, 0.1) is 10.1 Å². The van der Waals surface area contributed by atoms with Crippen LogP contribution in [0.25, 0.3) is 0 Å². The maximum atomic E-state index is 11.6. The number of hydrogen-bond donors (Lipinski definition) is 2. The summed E-state index contributed by atoms with van der Waals surface area (Å²) in [5.41, 5.74) is 2.60. The minimum absolute atomic E-state index is 0.0350. The first kappa shape index (κ1) is 13.9. The number of carbonyl (C=O) groups is 2. The van der Waals surface area contributed by atoms with Crippen LogP contribution in [0.3, 0.4) is 0 Å². The molecule has 0 saturated carbocycles. The SMILES string of the molecule is NNc1ccc(CN2C(=O)COCC2=O)cc1[N+](=O)[O-]. The number of nitrogens with two attached hydrogens (primary N) is 1. The van der Waals surface area contributed by atoms with Crippen molar-refractivity contribution in [3.05, 3.63) is 33.9 Å². The van der Waals surface area contributed by atoms with Gasteiger partial charge in [0.1, 0.15) is 18.9 Å². The molecule has 3 N–H and O–H groups in total. The zero-order valence-electron chi connectivity index (χ0n) is 10.4. The van der Waals surface area contributed by atoms with Crippen molar-refractivity contribution in [2.75, 3.05) is 18.6 Å². The van der Waals surface area contributed by atoms with E-state index in [1.807, 2.05) is 0 Å². The van der Waals surface area contributed by atoms with Gasteiger partial charge in [-0.05, 0) is 11.6 Å². The van der Waals surface area contributed by atoms with Crippen LogP contribution in [0.2, 0.25) is 0 Å². The van der Waals surface area contributed by atoms with Gasteiger partial charge in [0.05, 0.1) is 11.5 Å². The molecule has 20 heavy (non-hydrogen) atoms. The lowest BCUT2D eigenvalue weighted by molar-refractivity contribution is -0.384. The van der Waals surface area contributed by atoms with Gasteiger partial charge in [-0.25, -0.2) is 0 Å². The number of hydrazine groups is 1. The molecule has 1 aromatic carbocycles. The summed E-state index contributed by atoms with van der Waals surface area (Å²) < 4.78 is 4.78. The van der Waals surface area contributed by atoms with E-state index in [4.69, 9.17) is 10.6 Å². The fourth-order valence-corrected chi connectivity index (χ4v) is 1.83. The molecule has 0 atom stereocenters. The van der Waals surface area contributed by atoms with Crippen molar-refractivity contribution in [2.24, 2.45) is 5.84 Å². The standard InChI is InChI=1S/C11H12N4O5/c12-13-8-2-1-7(3-9(8)15(18)19)4-14-10(16)5-20-6-11(14)17/h1-3,13H,4-6,12H2. The van der Waals surface area contributed by atoms with Gasteiger partial charge in [-0.1, -0.05) is 6.07 Å². The second-order valence-electron chi connectivity index (χ2n) is 4.12. The number of nitrogen functional groups attached to an aromatic ring is 1. The average molecular weight is 280 g/mol. The van der Waals surface area contributed by atoms with Crippen molar-refractivity contribution in [1.82, 2.24) is 4.90 Å². The van der Waals surface area contributed by atoms with Crippen LogP contribution < -0.4 is 11.3 Å². The van der Waals surface area contributed by atoms with E-state index in [0.29, 0.717) is 5.56 Å². The second-order valence-corrected chi connectivity index (χ2v) is 4.12. The van der Waals surface area contributed by atoms with Gasteiger partial charge in [0, 0.05) is 6.07 Å². The molecule has 0 aliphatic carbocycles. The molecule has 1 saturated heterocycles. The van der Waals surface area contributed by atoms with E-state index in [2.05, 4.69) is 5.43 Å². The molecule has 106 valence electrons. The number of nitrogens with one attached hydrogen (secondary N) is 1. The molecule has 1 aromatic rings. The fourth-order valence-electron chi connectivity index (χ4n) is 1.83. The number of nitro groups is 1. The van der Waals surface area contributed by atoms with Gasteiger partial charge in [0.2, 0.25) is 0 Å². The molecule has 2 amide bonds. The Kier molecular flexibility index (Phi) is 3.91. The summed E-state index contributed by atoms with van der Waals surface area (Å²) >= 11 is 0. The normalized spacial score (nSPS) is 15.3. The van der Waals surface area contributed by atoms with Crippen LogP contribution in [0.4, 0.5) is 11.4 Å². The van der Waals surface area contributed by atoms with Gasteiger partial charge in [0.15, 0.2) is 0 Å². The van der Waals surface area contributed by atoms with Gasteiger partial charge in [-0.15, -0.1) is 0 Å². The molecule has 0 radical (unpaired) electrons. The van der Waals surface area contributed by atoms with Gasteiger partial charge in [0.25, 0.3) is 17.5 Å². The number of ether oxygens (including phenoxy) is 1. The second kappa shape index (κ2) is 5.63. The molecule has 1 aliphatic rings.